The molecule has 0 radical (unpaired) electrons. The number of carbonyl (C=O) groups is 2. The number of nitrogens with zero attached hydrogens (tertiary/aromatic N) is 2. The molecule has 4 N–H and O–H groups in total. The second kappa shape index (κ2) is 12.3. The van der Waals surface area contributed by atoms with Crippen molar-refractivity contribution in [1.29, 1.82) is 0 Å². The standard InChI is InChI=1S/C20H20Br4N2O6/c21-13-3-11(19(31)15(23)5-13)7-25(9-17(27)28)1-2-26(10-18(29)30)8-12-4-14(22)6-16(24)20(12)32/h3-6,31-32H,1-2,7-10H2,(H,27,28)(H,29,30). The van der Waals surface area contributed by atoms with Gasteiger partial charge in [-0.2, -0.15) is 0 Å². The summed E-state index contributed by atoms with van der Waals surface area (Å²) in [5.41, 5.74) is 1.04. The number of carboxylic acid groups (broad SMARTS) is 2. The topological polar surface area (TPSA) is 122 Å². The maximum atomic E-state index is 11.4. The minimum Gasteiger partial charge on any atom is -0.506 e. The molecule has 0 unspecified atom stereocenters. The molecule has 2 aromatic rings. The molecule has 174 valence electrons. The number of benzene rings is 2. The van der Waals surface area contributed by atoms with Crippen LogP contribution in [0.5, 0.6) is 11.5 Å². The number of carboxylic acids is 2. The third kappa shape index (κ3) is 8.31. The molecule has 0 atom stereocenters. The average Bonchev–Trinajstić information content (AvgIpc) is 2.66. The number of hydrogen-bond acceptors (Lipinski definition) is 6. The van der Waals surface area contributed by atoms with Crippen LogP contribution >= 0.6 is 63.7 Å². The number of rotatable bonds is 11. The first-order valence-corrected chi connectivity index (χ1v) is 12.4. The highest BCUT2D eigenvalue weighted by Crippen LogP contribution is 2.33. The Hall–Kier alpha value is -1.18. The van der Waals surface area contributed by atoms with Crippen LogP contribution in [0.25, 0.3) is 0 Å². The van der Waals surface area contributed by atoms with Crippen LogP contribution in [0.1, 0.15) is 11.1 Å². The van der Waals surface area contributed by atoms with Gasteiger partial charge in [0.05, 0.1) is 22.0 Å². The van der Waals surface area contributed by atoms with E-state index in [0.717, 1.165) is 8.95 Å². The summed E-state index contributed by atoms with van der Waals surface area (Å²) >= 11 is 13.2. The van der Waals surface area contributed by atoms with E-state index in [9.17, 15) is 30.0 Å². The van der Waals surface area contributed by atoms with E-state index in [0.29, 0.717) is 20.1 Å². The van der Waals surface area contributed by atoms with Crippen LogP contribution < -0.4 is 0 Å². The summed E-state index contributed by atoms with van der Waals surface area (Å²) in [4.78, 5) is 26.0. The summed E-state index contributed by atoms with van der Waals surface area (Å²) in [7, 11) is 0. The van der Waals surface area contributed by atoms with E-state index >= 15 is 0 Å². The first-order valence-electron chi connectivity index (χ1n) is 9.18. The van der Waals surface area contributed by atoms with Crippen LogP contribution in [0.2, 0.25) is 0 Å². The quantitative estimate of drug-likeness (QED) is 0.268. The summed E-state index contributed by atoms with van der Waals surface area (Å²) in [6.07, 6.45) is 0. The van der Waals surface area contributed by atoms with E-state index in [1.807, 2.05) is 0 Å². The Morgan fingerprint density at radius 2 is 1.03 bits per heavy atom. The summed E-state index contributed by atoms with van der Waals surface area (Å²) in [5, 5.41) is 39.2. The Kier molecular flexibility index (Phi) is 10.4. The molecular formula is C20H20Br4N2O6. The van der Waals surface area contributed by atoms with Crippen molar-refractivity contribution < 1.29 is 30.0 Å². The van der Waals surface area contributed by atoms with Crippen molar-refractivity contribution in [3.8, 4) is 11.5 Å². The van der Waals surface area contributed by atoms with E-state index in [-0.39, 0.29) is 50.8 Å². The van der Waals surface area contributed by atoms with E-state index in [1.165, 1.54) is 0 Å². The van der Waals surface area contributed by atoms with E-state index < -0.39 is 11.9 Å². The van der Waals surface area contributed by atoms with Gasteiger partial charge in [-0.05, 0) is 56.1 Å². The zero-order valence-electron chi connectivity index (χ0n) is 16.6. The molecule has 0 aliphatic heterocycles. The Bertz CT molecular complexity index is 925. The maximum Gasteiger partial charge on any atom is 0.317 e. The van der Waals surface area contributed by atoms with Gasteiger partial charge in [0.25, 0.3) is 0 Å². The molecule has 0 saturated heterocycles. The van der Waals surface area contributed by atoms with Crippen molar-refractivity contribution in [3.05, 3.63) is 53.3 Å². The molecule has 2 aromatic carbocycles. The molecule has 0 aliphatic rings. The van der Waals surface area contributed by atoms with Crippen LogP contribution in [0.15, 0.2) is 42.2 Å². The van der Waals surface area contributed by atoms with E-state index in [4.69, 9.17) is 0 Å². The number of aromatic hydroxyl groups is 2. The van der Waals surface area contributed by atoms with Crippen molar-refractivity contribution in [1.82, 2.24) is 9.80 Å². The monoisotopic (exact) mass is 700 g/mol. The van der Waals surface area contributed by atoms with Crippen LogP contribution in [-0.4, -0.2) is 68.3 Å². The SMILES string of the molecule is O=C(O)CN(CCN(CC(=O)O)Cc1cc(Br)cc(Br)c1O)Cc1cc(Br)cc(Br)c1O. The van der Waals surface area contributed by atoms with Gasteiger partial charge in [0, 0.05) is 46.3 Å². The van der Waals surface area contributed by atoms with Crippen LogP contribution in [0, 0.1) is 0 Å². The molecule has 8 nitrogen and oxygen atoms in total. The predicted octanol–water partition coefficient (Wildman–Crippen LogP) is 4.62. The lowest BCUT2D eigenvalue weighted by atomic mass is 10.1. The van der Waals surface area contributed by atoms with Crippen molar-refractivity contribution in [2.45, 2.75) is 13.1 Å². The lowest BCUT2D eigenvalue weighted by Gasteiger charge is -2.26. The molecule has 0 spiro atoms. The number of phenols is 2. The van der Waals surface area contributed by atoms with Gasteiger partial charge in [0.1, 0.15) is 11.5 Å². The van der Waals surface area contributed by atoms with Crippen LogP contribution in [0.3, 0.4) is 0 Å². The molecule has 0 aliphatic carbocycles. The van der Waals surface area contributed by atoms with Gasteiger partial charge in [-0.25, -0.2) is 0 Å². The lowest BCUT2D eigenvalue weighted by Crippen LogP contribution is -2.39. The highest BCUT2D eigenvalue weighted by atomic mass is 79.9. The van der Waals surface area contributed by atoms with Gasteiger partial charge in [-0.3, -0.25) is 19.4 Å². The van der Waals surface area contributed by atoms with Crippen LogP contribution in [-0.2, 0) is 22.7 Å². The molecule has 0 fully saturated rings. The second-order valence-corrected chi connectivity index (χ2v) is 10.5. The largest absolute Gasteiger partial charge is 0.506 e. The van der Waals surface area contributed by atoms with Crippen LogP contribution in [0.4, 0.5) is 0 Å². The van der Waals surface area contributed by atoms with Gasteiger partial charge in [-0.1, -0.05) is 31.9 Å². The highest BCUT2D eigenvalue weighted by Gasteiger charge is 2.19. The fourth-order valence-corrected chi connectivity index (χ4v) is 5.68. The maximum absolute atomic E-state index is 11.4. The van der Waals surface area contributed by atoms with Gasteiger partial charge < -0.3 is 20.4 Å². The summed E-state index contributed by atoms with van der Waals surface area (Å²) < 4.78 is 2.38. The van der Waals surface area contributed by atoms with E-state index in [2.05, 4.69) is 63.7 Å². The van der Waals surface area contributed by atoms with Gasteiger partial charge in [0.15, 0.2) is 0 Å². The molecule has 32 heavy (non-hydrogen) atoms. The Morgan fingerprint density at radius 3 is 1.34 bits per heavy atom. The third-order valence-corrected chi connectivity index (χ3v) is 6.58. The summed E-state index contributed by atoms with van der Waals surface area (Å²) in [6.45, 7) is 0.143. The molecule has 2 rings (SSSR count). The van der Waals surface area contributed by atoms with Gasteiger partial charge in [0.2, 0.25) is 0 Å². The molecule has 0 heterocycles. The molecule has 0 saturated carbocycles. The Morgan fingerprint density at radius 1 is 0.688 bits per heavy atom. The molecular weight excluding hydrogens is 684 g/mol. The van der Waals surface area contributed by atoms with E-state index in [1.54, 1.807) is 34.1 Å². The second-order valence-electron chi connectivity index (χ2n) is 7.00. The molecule has 0 bridgehead atoms. The predicted molar refractivity (Wildman–Crippen MR) is 133 cm³/mol. The molecule has 0 amide bonds. The highest BCUT2D eigenvalue weighted by molar-refractivity contribution is 9.11. The fraction of sp³-hybridized carbons (Fsp3) is 0.300. The van der Waals surface area contributed by atoms with Crippen molar-refractivity contribution in [2.75, 3.05) is 26.2 Å². The minimum atomic E-state index is -1.04. The number of phenolic OH excluding ortho intramolecular Hbond substituents is 2. The first-order chi connectivity index (χ1) is 15.0. The smallest absolute Gasteiger partial charge is 0.317 e. The van der Waals surface area contributed by atoms with Gasteiger partial charge >= 0.3 is 11.9 Å². The molecule has 12 heteroatoms. The summed E-state index contributed by atoms with van der Waals surface area (Å²) in [5.74, 6) is -2.07. The zero-order chi connectivity index (χ0) is 24.0. The fourth-order valence-electron chi connectivity index (χ4n) is 3.05. The van der Waals surface area contributed by atoms with Crippen molar-refractivity contribution >= 4 is 75.7 Å². The Labute approximate surface area is 218 Å². The van der Waals surface area contributed by atoms with Crippen molar-refractivity contribution in [3.63, 3.8) is 0 Å². The normalized spacial score (nSPS) is 11.3. The van der Waals surface area contributed by atoms with Gasteiger partial charge in [-0.15, -0.1) is 0 Å². The zero-order valence-corrected chi connectivity index (χ0v) is 22.9. The Balaban J connectivity index is 2.20. The van der Waals surface area contributed by atoms with Crippen molar-refractivity contribution in [2.24, 2.45) is 0 Å². The number of hydrogen-bond donors (Lipinski definition) is 4. The lowest BCUT2D eigenvalue weighted by molar-refractivity contribution is -0.140. The number of aliphatic carboxylic acids is 2. The minimum absolute atomic E-state index is 0.00916. The summed E-state index contributed by atoms with van der Waals surface area (Å²) in [6, 6.07) is 6.75. The average molecular weight is 704 g/mol. The third-order valence-electron chi connectivity index (χ3n) is 4.45. The molecule has 0 aromatic heterocycles. The first kappa shape index (κ1) is 27.1. The number of halogens is 4.